The van der Waals surface area contributed by atoms with Crippen molar-refractivity contribution >= 4 is 17.1 Å². The molecule has 4 aromatic rings. The van der Waals surface area contributed by atoms with E-state index in [0.717, 1.165) is 0 Å². The Morgan fingerprint density at radius 3 is 2.45 bits per heavy atom. The van der Waals surface area contributed by atoms with Crippen molar-refractivity contribution in [2.24, 2.45) is 5.10 Å². The highest BCUT2D eigenvalue weighted by atomic mass is 16.5. The van der Waals surface area contributed by atoms with Gasteiger partial charge in [-0.05, 0) is 54.1 Å². The average molecular weight is 417 g/mol. The summed E-state index contributed by atoms with van der Waals surface area (Å²) < 4.78 is 11.9. The molecule has 156 valence electrons. The molecular weight excluding hydrogens is 398 g/mol. The molecule has 8 nitrogen and oxygen atoms in total. The van der Waals surface area contributed by atoms with Gasteiger partial charge in [0.15, 0.2) is 28.8 Å². The van der Waals surface area contributed by atoms with Crippen LogP contribution in [-0.4, -0.2) is 40.3 Å². The average Bonchev–Trinajstić information content (AvgIpc) is 2.80. The van der Waals surface area contributed by atoms with E-state index >= 15 is 0 Å². The second kappa shape index (κ2) is 8.19. The van der Waals surface area contributed by atoms with Crippen LogP contribution >= 0.6 is 0 Å². The molecule has 0 atom stereocenters. The predicted octanol–water partition coefficient (Wildman–Crippen LogP) is 3.37. The van der Waals surface area contributed by atoms with E-state index in [1.807, 2.05) is 0 Å². The van der Waals surface area contributed by atoms with Crippen LogP contribution in [0.5, 0.6) is 23.0 Å². The minimum atomic E-state index is -0.352. The molecule has 0 aliphatic heterocycles. The number of rotatable bonds is 5. The Morgan fingerprint density at radius 1 is 0.935 bits per heavy atom. The molecule has 0 spiro atoms. The van der Waals surface area contributed by atoms with E-state index in [1.54, 1.807) is 55.6 Å². The SMILES string of the molecule is COc1ccc(-c2nc3ccccc3c(=O)n2N=Cc2ccc(O)c(O)c2)cc1OC. The van der Waals surface area contributed by atoms with Crippen LogP contribution in [0.1, 0.15) is 5.56 Å². The fourth-order valence-corrected chi connectivity index (χ4v) is 3.14. The van der Waals surface area contributed by atoms with Gasteiger partial charge < -0.3 is 19.7 Å². The van der Waals surface area contributed by atoms with E-state index in [2.05, 4.69) is 10.1 Å². The third-order valence-corrected chi connectivity index (χ3v) is 4.72. The van der Waals surface area contributed by atoms with Gasteiger partial charge in [0.1, 0.15) is 0 Å². The first-order valence-corrected chi connectivity index (χ1v) is 9.32. The number of benzene rings is 3. The fourth-order valence-electron chi connectivity index (χ4n) is 3.14. The standard InChI is InChI=1S/C23H19N3O5/c1-30-20-10-8-15(12-21(20)31-2)22-25-17-6-4-3-5-16(17)23(29)26(22)24-13-14-7-9-18(27)19(28)11-14/h3-13,27-28H,1-2H3. The summed E-state index contributed by atoms with van der Waals surface area (Å²) >= 11 is 0. The molecule has 0 saturated carbocycles. The molecule has 0 aliphatic carbocycles. The van der Waals surface area contributed by atoms with Gasteiger partial charge >= 0.3 is 0 Å². The number of aromatic hydroxyl groups is 2. The number of hydrogen-bond acceptors (Lipinski definition) is 7. The van der Waals surface area contributed by atoms with Gasteiger partial charge in [0.05, 0.1) is 31.3 Å². The van der Waals surface area contributed by atoms with Crippen LogP contribution < -0.4 is 15.0 Å². The maximum Gasteiger partial charge on any atom is 0.282 e. The largest absolute Gasteiger partial charge is 0.504 e. The number of nitrogens with zero attached hydrogens (tertiary/aromatic N) is 3. The summed E-state index contributed by atoms with van der Waals surface area (Å²) in [6, 6.07) is 16.4. The Labute approximate surface area is 177 Å². The van der Waals surface area contributed by atoms with Crippen LogP contribution in [0.15, 0.2) is 70.6 Å². The summed E-state index contributed by atoms with van der Waals surface area (Å²) in [5.74, 6) is 0.815. The lowest BCUT2D eigenvalue weighted by Gasteiger charge is -2.12. The molecule has 0 radical (unpaired) electrons. The van der Waals surface area contributed by atoms with Crippen LogP contribution in [0.2, 0.25) is 0 Å². The van der Waals surface area contributed by atoms with E-state index in [9.17, 15) is 15.0 Å². The molecule has 3 aromatic carbocycles. The van der Waals surface area contributed by atoms with Crippen molar-refractivity contribution in [1.82, 2.24) is 9.66 Å². The quantitative estimate of drug-likeness (QED) is 0.381. The Bertz CT molecular complexity index is 1360. The summed E-state index contributed by atoms with van der Waals surface area (Å²) in [5.41, 5.74) is 1.28. The predicted molar refractivity (Wildman–Crippen MR) is 117 cm³/mol. The van der Waals surface area contributed by atoms with Gasteiger partial charge in [-0.15, -0.1) is 0 Å². The summed E-state index contributed by atoms with van der Waals surface area (Å²) in [4.78, 5) is 17.9. The summed E-state index contributed by atoms with van der Waals surface area (Å²) in [5, 5.41) is 23.9. The van der Waals surface area contributed by atoms with Crippen LogP contribution in [0.3, 0.4) is 0 Å². The fraction of sp³-hybridized carbons (Fsp3) is 0.0870. The van der Waals surface area contributed by atoms with Gasteiger partial charge in [0.2, 0.25) is 0 Å². The third kappa shape index (κ3) is 3.78. The minimum absolute atomic E-state index is 0.243. The van der Waals surface area contributed by atoms with Gasteiger partial charge in [0, 0.05) is 5.56 Å². The molecule has 1 heterocycles. The molecule has 0 amide bonds. The maximum atomic E-state index is 13.2. The Hall–Kier alpha value is -4.33. The highest BCUT2D eigenvalue weighted by molar-refractivity contribution is 5.82. The number of phenols is 2. The van der Waals surface area contributed by atoms with Gasteiger partial charge in [-0.3, -0.25) is 4.79 Å². The molecule has 0 aliphatic rings. The van der Waals surface area contributed by atoms with Crippen LogP contribution in [0.4, 0.5) is 0 Å². The molecule has 0 bridgehead atoms. The number of ether oxygens (including phenoxy) is 2. The lowest BCUT2D eigenvalue weighted by molar-refractivity contribution is 0.355. The van der Waals surface area contributed by atoms with Crippen molar-refractivity contribution in [3.8, 4) is 34.4 Å². The van der Waals surface area contributed by atoms with Crippen LogP contribution in [0.25, 0.3) is 22.3 Å². The Balaban J connectivity index is 1.93. The van der Waals surface area contributed by atoms with Gasteiger partial charge in [0.25, 0.3) is 5.56 Å². The molecule has 0 saturated heterocycles. The van der Waals surface area contributed by atoms with Crippen molar-refractivity contribution in [1.29, 1.82) is 0 Å². The summed E-state index contributed by atoms with van der Waals surface area (Å²) in [7, 11) is 3.07. The van der Waals surface area contributed by atoms with Crippen molar-refractivity contribution in [3.63, 3.8) is 0 Å². The zero-order chi connectivity index (χ0) is 22.0. The third-order valence-electron chi connectivity index (χ3n) is 4.72. The first kappa shape index (κ1) is 20.0. The molecule has 4 rings (SSSR count). The number of hydrogen-bond donors (Lipinski definition) is 2. The number of aromatic nitrogens is 2. The van der Waals surface area contributed by atoms with Crippen molar-refractivity contribution < 1.29 is 19.7 Å². The second-order valence-corrected chi connectivity index (χ2v) is 6.63. The van der Waals surface area contributed by atoms with E-state index < -0.39 is 0 Å². The number of para-hydroxylation sites is 1. The van der Waals surface area contributed by atoms with Gasteiger partial charge in [-0.25, -0.2) is 4.98 Å². The van der Waals surface area contributed by atoms with Crippen molar-refractivity contribution in [2.75, 3.05) is 14.2 Å². The van der Waals surface area contributed by atoms with Gasteiger partial charge in [-0.2, -0.15) is 9.78 Å². The summed E-state index contributed by atoms with van der Waals surface area (Å²) in [6.45, 7) is 0. The molecule has 0 fully saturated rings. The molecule has 8 heteroatoms. The minimum Gasteiger partial charge on any atom is -0.504 e. The number of fused-ring (bicyclic) bond motifs is 1. The molecule has 1 aromatic heterocycles. The Morgan fingerprint density at radius 2 is 1.71 bits per heavy atom. The molecule has 0 unspecified atom stereocenters. The first-order chi connectivity index (χ1) is 15.0. The number of methoxy groups -OCH3 is 2. The first-order valence-electron chi connectivity index (χ1n) is 9.32. The molecule has 2 N–H and O–H groups in total. The van der Waals surface area contributed by atoms with E-state index in [4.69, 9.17) is 9.47 Å². The van der Waals surface area contributed by atoms with E-state index in [0.29, 0.717) is 39.4 Å². The Kier molecular flexibility index (Phi) is 5.28. The number of phenolic OH excluding ortho intramolecular Hbond substituents is 2. The molecule has 31 heavy (non-hydrogen) atoms. The highest BCUT2D eigenvalue weighted by Gasteiger charge is 2.15. The van der Waals surface area contributed by atoms with E-state index in [-0.39, 0.29) is 17.1 Å². The zero-order valence-electron chi connectivity index (χ0n) is 16.8. The highest BCUT2D eigenvalue weighted by Crippen LogP contribution is 2.32. The van der Waals surface area contributed by atoms with Crippen LogP contribution in [-0.2, 0) is 0 Å². The normalized spacial score (nSPS) is 11.2. The van der Waals surface area contributed by atoms with Crippen LogP contribution in [0, 0.1) is 0 Å². The second-order valence-electron chi connectivity index (χ2n) is 6.63. The topological polar surface area (TPSA) is 106 Å². The van der Waals surface area contributed by atoms with Crippen molar-refractivity contribution in [3.05, 3.63) is 76.6 Å². The lowest BCUT2D eigenvalue weighted by atomic mass is 10.1. The monoisotopic (exact) mass is 417 g/mol. The summed E-state index contributed by atoms with van der Waals surface area (Å²) in [6.07, 6.45) is 1.40. The maximum absolute atomic E-state index is 13.2. The zero-order valence-corrected chi connectivity index (χ0v) is 16.8. The van der Waals surface area contributed by atoms with Crippen molar-refractivity contribution in [2.45, 2.75) is 0 Å². The smallest absolute Gasteiger partial charge is 0.282 e. The lowest BCUT2D eigenvalue weighted by Crippen LogP contribution is -2.20. The van der Waals surface area contributed by atoms with E-state index in [1.165, 1.54) is 30.1 Å². The van der Waals surface area contributed by atoms with Gasteiger partial charge in [-0.1, -0.05) is 12.1 Å². The molecular formula is C23H19N3O5.